The smallest absolute Gasteiger partial charge is 0.523 e. The SMILES string of the molecule is CCC1CC(C)O[CH-]O1.[CH3-].[W+2]. The normalized spacial score (nSPS) is 30.0. The predicted octanol–water partition coefficient (Wildman–Crippen LogP) is 2.16. The summed E-state index contributed by atoms with van der Waals surface area (Å²) < 4.78 is 10.2. The summed E-state index contributed by atoms with van der Waals surface area (Å²) in [6.07, 6.45) is 2.81. The van der Waals surface area contributed by atoms with Crippen LogP contribution in [0.2, 0.25) is 0 Å². The summed E-state index contributed by atoms with van der Waals surface area (Å²) in [5, 5.41) is 0. The van der Waals surface area contributed by atoms with E-state index in [-0.39, 0.29) is 28.5 Å². The van der Waals surface area contributed by atoms with Crippen LogP contribution in [0.4, 0.5) is 0 Å². The van der Waals surface area contributed by atoms with Gasteiger partial charge in [0.2, 0.25) is 0 Å². The van der Waals surface area contributed by atoms with Gasteiger partial charge in [0.25, 0.3) is 0 Å². The second kappa shape index (κ2) is 7.27. The van der Waals surface area contributed by atoms with Crippen molar-refractivity contribution >= 4 is 0 Å². The maximum atomic E-state index is 5.15. The quantitative estimate of drug-likeness (QED) is 0.687. The maximum Gasteiger partial charge on any atom is 2.00 e. The molecular weight excluding hydrogens is 312 g/mol. The van der Waals surface area contributed by atoms with Crippen molar-refractivity contribution in [2.24, 2.45) is 0 Å². The fraction of sp³-hybridized carbons (Fsp3) is 0.750. The Hall–Kier alpha value is 0.608. The molecule has 0 aromatic heterocycles. The van der Waals surface area contributed by atoms with Gasteiger partial charge >= 0.3 is 21.1 Å². The number of hydrogen-bond acceptors (Lipinski definition) is 2. The van der Waals surface area contributed by atoms with Gasteiger partial charge in [-0.2, -0.15) is 0 Å². The molecule has 0 saturated carbocycles. The van der Waals surface area contributed by atoms with Gasteiger partial charge in [0.05, 0.1) is 0 Å². The molecule has 0 amide bonds. The molecule has 3 heteroatoms. The molecule has 0 aromatic carbocycles. The third-order valence-electron chi connectivity index (χ3n) is 1.59. The summed E-state index contributed by atoms with van der Waals surface area (Å²) in [4.78, 5) is 0. The Morgan fingerprint density at radius 2 is 2.09 bits per heavy atom. The molecule has 1 fully saturated rings. The molecule has 2 nitrogen and oxygen atoms in total. The van der Waals surface area contributed by atoms with Crippen LogP contribution in [0.25, 0.3) is 0 Å². The first kappa shape index (κ1) is 14.2. The van der Waals surface area contributed by atoms with Gasteiger partial charge < -0.3 is 16.9 Å². The minimum Gasteiger partial charge on any atom is -0.523 e. The van der Waals surface area contributed by atoms with Crippen molar-refractivity contribution < 1.29 is 30.5 Å². The number of ether oxygens (including phenoxy) is 2. The van der Waals surface area contributed by atoms with E-state index < -0.39 is 0 Å². The maximum absolute atomic E-state index is 5.15. The van der Waals surface area contributed by atoms with Crippen LogP contribution in [0.15, 0.2) is 0 Å². The fourth-order valence-corrected chi connectivity index (χ4v) is 0.950. The zero-order valence-electron chi connectivity index (χ0n) is 7.37. The first-order chi connectivity index (χ1) is 4.33. The van der Waals surface area contributed by atoms with Crippen LogP contribution in [-0.2, 0) is 30.5 Å². The van der Waals surface area contributed by atoms with Gasteiger partial charge in [-0.15, -0.1) is 0 Å². The van der Waals surface area contributed by atoms with Crippen LogP contribution in [0.5, 0.6) is 0 Å². The molecule has 0 aliphatic carbocycles. The summed E-state index contributed by atoms with van der Waals surface area (Å²) >= 11 is 0. The molecule has 1 saturated heterocycles. The Morgan fingerprint density at radius 3 is 2.45 bits per heavy atom. The average molecular weight is 328 g/mol. The Bertz CT molecular complexity index is 88.2. The number of hydrogen-bond donors (Lipinski definition) is 0. The monoisotopic (exact) mass is 328 g/mol. The molecule has 2 unspecified atom stereocenters. The Labute approximate surface area is 83.9 Å². The average Bonchev–Trinajstić information content (AvgIpc) is 1.88. The van der Waals surface area contributed by atoms with E-state index in [1.807, 2.05) is 0 Å². The number of rotatable bonds is 1. The Kier molecular flexibility index (Phi) is 9.35. The van der Waals surface area contributed by atoms with E-state index >= 15 is 0 Å². The predicted molar refractivity (Wildman–Crippen MR) is 41.0 cm³/mol. The van der Waals surface area contributed by atoms with Gasteiger partial charge in [-0.3, -0.25) is 0 Å². The van der Waals surface area contributed by atoms with Gasteiger partial charge in [0, 0.05) is 12.2 Å². The van der Waals surface area contributed by atoms with Gasteiger partial charge in [-0.25, -0.2) is 0 Å². The molecule has 11 heavy (non-hydrogen) atoms. The molecule has 0 aromatic rings. The van der Waals surface area contributed by atoms with Crippen LogP contribution >= 0.6 is 0 Å². The molecule has 1 heterocycles. The van der Waals surface area contributed by atoms with Crippen LogP contribution < -0.4 is 0 Å². The minimum atomic E-state index is 0. The van der Waals surface area contributed by atoms with Crippen molar-refractivity contribution in [1.82, 2.24) is 0 Å². The standard InChI is InChI=1S/C7H13O2.CH3.W/c1-3-7-4-6(2)8-5-9-7;;/h5-7H,3-4H2,1-2H3;1H3;/q2*-1;+2. The Morgan fingerprint density at radius 1 is 1.45 bits per heavy atom. The van der Waals surface area contributed by atoms with Crippen LogP contribution in [0.1, 0.15) is 26.7 Å². The van der Waals surface area contributed by atoms with Crippen LogP contribution in [-0.4, -0.2) is 12.2 Å². The minimum absolute atomic E-state index is 0. The molecule has 66 valence electrons. The van der Waals surface area contributed by atoms with E-state index in [1.165, 1.54) is 6.79 Å². The molecule has 2 atom stereocenters. The third kappa shape index (κ3) is 4.95. The molecule has 0 N–H and O–H groups in total. The van der Waals surface area contributed by atoms with Gasteiger partial charge in [0.1, 0.15) is 0 Å². The first-order valence-corrected chi connectivity index (χ1v) is 3.45. The molecular formula is C8H16O2W. The van der Waals surface area contributed by atoms with E-state index in [2.05, 4.69) is 13.8 Å². The third-order valence-corrected chi connectivity index (χ3v) is 1.59. The van der Waals surface area contributed by atoms with Crippen LogP contribution in [0, 0.1) is 14.2 Å². The van der Waals surface area contributed by atoms with Gasteiger partial charge in [-0.05, 0) is 19.8 Å². The van der Waals surface area contributed by atoms with Crippen LogP contribution in [0.3, 0.4) is 0 Å². The van der Waals surface area contributed by atoms with Crippen molar-refractivity contribution in [2.45, 2.75) is 38.9 Å². The summed E-state index contributed by atoms with van der Waals surface area (Å²) in [5.74, 6) is 0. The second-order valence-electron chi connectivity index (χ2n) is 2.44. The zero-order chi connectivity index (χ0) is 6.69. The Balaban J connectivity index is 0. The van der Waals surface area contributed by atoms with Crippen molar-refractivity contribution in [3.63, 3.8) is 0 Å². The van der Waals surface area contributed by atoms with Crippen molar-refractivity contribution in [2.75, 3.05) is 0 Å². The summed E-state index contributed by atoms with van der Waals surface area (Å²) in [5.41, 5.74) is 0. The molecule has 1 rings (SSSR count). The molecule has 0 radical (unpaired) electrons. The summed E-state index contributed by atoms with van der Waals surface area (Å²) in [7, 11) is 0. The van der Waals surface area contributed by atoms with Crippen molar-refractivity contribution in [1.29, 1.82) is 0 Å². The van der Waals surface area contributed by atoms with E-state index in [1.54, 1.807) is 0 Å². The van der Waals surface area contributed by atoms with E-state index in [4.69, 9.17) is 9.47 Å². The van der Waals surface area contributed by atoms with Gasteiger partial charge in [-0.1, -0.05) is 13.7 Å². The fourth-order valence-electron chi connectivity index (χ4n) is 0.950. The van der Waals surface area contributed by atoms with E-state index in [9.17, 15) is 0 Å². The summed E-state index contributed by atoms with van der Waals surface area (Å²) in [6.45, 7) is 5.64. The summed E-state index contributed by atoms with van der Waals surface area (Å²) in [6, 6.07) is 0. The molecule has 1 aliphatic heterocycles. The largest absolute Gasteiger partial charge is 2.00 e. The second-order valence-corrected chi connectivity index (χ2v) is 2.44. The topological polar surface area (TPSA) is 18.5 Å². The first-order valence-electron chi connectivity index (χ1n) is 3.45. The van der Waals surface area contributed by atoms with Gasteiger partial charge in [0.15, 0.2) is 0 Å². The molecule has 0 bridgehead atoms. The molecule has 0 spiro atoms. The van der Waals surface area contributed by atoms with Crippen molar-refractivity contribution in [3.05, 3.63) is 14.2 Å². The van der Waals surface area contributed by atoms with E-state index in [0.29, 0.717) is 12.2 Å². The van der Waals surface area contributed by atoms with Crippen molar-refractivity contribution in [3.8, 4) is 0 Å². The molecule has 1 aliphatic rings. The van der Waals surface area contributed by atoms with E-state index in [0.717, 1.165) is 12.8 Å². The zero-order valence-corrected chi connectivity index (χ0v) is 10.3.